The van der Waals surface area contributed by atoms with Gasteiger partial charge in [0.2, 0.25) is 0 Å². The Bertz CT molecular complexity index is 469. The third-order valence-electron chi connectivity index (χ3n) is 4.20. The van der Waals surface area contributed by atoms with Crippen molar-refractivity contribution in [3.8, 4) is 6.07 Å². The summed E-state index contributed by atoms with van der Waals surface area (Å²) >= 11 is 0. The quantitative estimate of drug-likeness (QED) is 0.805. The van der Waals surface area contributed by atoms with E-state index in [1.807, 2.05) is 18.7 Å². The van der Waals surface area contributed by atoms with Crippen LogP contribution in [0.5, 0.6) is 0 Å². The van der Waals surface area contributed by atoms with Gasteiger partial charge in [-0.3, -0.25) is 4.68 Å². The zero-order chi connectivity index (χ0) is 13.3. The van der Waals surface area contributed by atoms with Gasteiger partial charge < -0.3 is 4.90 Å². The lowest BCUT2D eigenvalue weighted by Gasteiger charge is -2.37. The summed E-state index contributed by atoms with van der Waals surface area (Å²) < 4.78 is 1.84. The molecule has 1 aliphatic carbocycles. The normalized spacial score (nSPS) is 23.7. The molecule has 1 aromatic rings. The Balaban J connectivity index is 2.33. The molecule has 1 aliphatic rings. The van der Waals surface area contributed by atoms with Crippen molar-refractivity contribution in [1.82, 2.24) is 9.78 Å². The molecule has 4 nitrogen and oxygen atoms in total. The molecule has 0 radical (unpaired) electrons. The van der Waals surface area contributed by atoms with Gasteiger partial charge in [-0.25, -0.2) is 0 Å². The number of anilines is 1. The lowest BCUT2D eigenvalue weighted by molar-refractivity contribution is 0.319. The SMILES string of the molecule is Cc1nn(C)c(N(C)C2CCCCC2C)c1C#N. The Hall–Kier alpha value is -1.50. The smallest absolute Gasteiger partial charge is 0.144 e. The highest BCUT2D eigenvalue weighted by atomic mass is 15.4. The minimum atomic E-state index is 0.528. The molecule has 0 aliphatic heterocycles. The molecule has 18 heavy (non-hydrogen) atoms. The fourth-order valence-corrected chi connectivity index (χ4v) is 3.21. The molecule has 4 heteroatoms. The van der Waals surface area contributed by atoms with Crippen molar-refractivity contribution >= 4 is 5.82 Å². The zero-order valence-corrected chi connectivity index (χ0v) is 11.8. The predicted octanol–water partition coefficient (Wildman–Crippen LogP) is 2.62. The number of rotatable bonds is 2. The minimum absolute atomic E-state index is 0.528. The topological polar surface area (TPSA) is 44.9 Å². The molecule has 0 spiro atoms. The van der Waals surface area contributed by atoms with Gasteiger partial charge in [-0.1, -0.05) is 19.8 Å². The van der Waals surface area contributed by atoms with Crippen molar-refractivity contribution in [3.63, 3.8) is 0 Å². The van der Waals surface area contributed by atoms with Gasteiger partial charge in [-0.2, -0.15) is 10.4 Å². The second-order valence-electron chi connectivity index (χ2n) is 5.46. The van der Waals surface area contributed by atoms with E-state index in [2.05, 4.69) is 30.0 Å². The number of hydrogen-bond donors (Lipinski definition) is 0. The first kappa shape index (κ1) is 12.9. The van der Waals surface area contributed by atoms with Crippen molar-refractivity contribution in [2.45, 2.75) is 45.6 Å². The first-order valence-electron chi connectivity index (χ1n) is 6.72. The van der Waals surface area contributed by atoms with Crippen molar-refractivity contribution in [1.29, 1.82) is 5.26 Å². The lowest BCUT2D eigenvalue weighted by Crippen LogP contribution is -2.40. The standard InChI is InChI=1S/C14H22N4/c1-10-7-5-6-8-13(10)17(3)14-12(9-15)11(2)16-18(14)4/h10,13H,5-8H2,1-4H3. The molecule has 0 bridgehead atoms. The van der Waals surface area contributed by atoms with Crippen LogP contribution in [-0.2, 0) is 7.05 Å². The van der Waals surface area contributed by atoms with Gasteiger partial charge in [-0.15, -0.1) is 0 Å². The van der Waals surface area contributed by atoms with E-state index >= 15 is 0 Å². The van der Waals surface area contributed by atoms with Crippen LogP contribution in [0.25, 0.3) is 0 Å². The van der Waals surface area contributed by atoms with E-state index in [1.165, 1.54) is 25.7 Å². The van der Waals surface area contributed by atoms with Crippen LogP contribution in [0.2, 0.25) is 0 Å². The number of aromatic nitrogens is 2. The maximum Gasteiger partial charge on any atom is 0.144 e. The fraction of sp³-hybridized carbons (Fsp3) is 0.714. The predicted molar refractivity (Wildman–Crippen MR) is 72.5 cm³/mol. The summed E-state index contributed by atoms with van der Waals surface area (Å²) in [6, 6.07) is 2.82. The van der Waals surface area contributed by atoms with Gasteiger partial charge in [0.25, 0.3) is 0 Å². The van der Waals surface area contributed by atoms with Crippen LogP contribution in [0.3, 0.4) is 0 Å². The fourth-order valence-electron chi connectivity index (χ4n) is 3.21. The van der Waals surface area contributed by atoms with Gasteiger partial charge in [0.1, 0.15) is 17.5 Å². The highest BCUT2D eigenvalue weighted by molar-refractivity contribution is 5.57. The average Bonchev–Trinajstić information content (AvgIpc) is 2.63. The number of hydrogen-bond acceptors (Lipinski definition) is 3. The Morgan fingerprint density at radius 2 is 2.06 bits per heavy atom. The summed E-state index contributed by atoms with van der Waals surface area (Å²) in [7, 11) is 4.02. The molecule has 2 atom stereocenters. The van der Waals surface area contributed by atoms with E-state index in [1.54, 1.807) is 0 Å². The molecular weight excluding hydrogens is 224 g/mol. The highest BCUT2D eigenvalue weighted by Gasteiger charge is 2.28. The van der Waals surface area contributed by atoms with Crippen molar-refractivity contribution in [3.05, 3.63) is 11.3 Å². The summed E-state index contributed by atoms with van der Waals surface area (Å²) in [5, 5.41) is 13.7. The van der Waals surface area contributed by atoms with Crippen LogP contribution >= 0.6 is 0 Å². The third kappa shape index (κ3) is 2.10. The first-order valence-corrected chi connectivity index (χ1v) is 6.72. The van der Waals surface area contributed by atoms with E-state index in [0.717, 1.165) is 17.1 Å². The Morgan fingerprint density at radius 3 is 2.67 bits per heavy atom. The molecule has 98 valence electrons. The van der Waals surface area contributed by atoms with Crippen molar-refractivity contribution < 1.29 is 0 Å². The van der Waals surface area contributed by atoms with Crippen LogP contribution in [0.4, 0.5) is 5.82 Å². The summed E-state index contributed by atoms with van der Waals surface area (Å²) in [5.74, 6) is 1.65. The Kier molecular flexibility index (Phi) is 3.60. The van der Waals surface area contributed by atoms with Crippen LogP contribution < -0.4 is 4.90 Å². The summed E-state index contributed by atoms with van der Waals surface area (Å²) in [5.41, 5.74) is 1.54. The zero-order valence-electron chi connectivity index (χ0n) is 11.8. The average molecular weight is 246 g/mol. The third-order valence-corrected chi connectivity index (χ3v) is 4.20. The van der Waals surface area contributed by atoms with Gasteiger partial charge in [0.05, 0.1) is 5.69 Å². The number of nitrogens with zero attached hydrogens (tertiary/aromatic N) is 4. The minimum Gasteiger partial charge on any atom is -0.356 e. The molecule has 2 rings (SSSR count). The second kappa shape index (κ2) is 5.01. The highest BCUT2D eigenvalue weighted by Crippen LogP contribution is 2.32. The molecule has 1 fully saturated rings. The molecule has 2 unspecified atom stereocenters. The largest absolute Gasteiger partial charge is 0.356 e. The molecule has 1 heterocycles. The molecule has 0 N–H and O–H groups in total. The van der Waals surface area contributed by atoms with Gasteiger partial charge >= 0.3 is 0 Å². The van der Waals surface area contributed by atoms with Crippen molar-refractivity contribution in [2.24, 2.45) is 13.0 Å². The molecule has 1 saturated carbocycles. The number of nitriles is 1. The van der Waals surface area contributed by atoms with Crippen LogP contribution in [0.1, 0.15) is 43.9 Å². The van der Waals surface area contributed by atoms with E-state index < -0.39 is 0 Å². The summed E-state index contributed by atoms with van der Waals surface area (Å²) in [6.07, 6.45) is 5.12. The van der Waals surface area contributed by atoms with Gasteiger partial charge in [0, 0.05) is 20.1 Å². The van der Waals surface area contributed by atoms with E-state index in [9.17, 15) is 5.26 Å². The maximum atomic E-state index is 9.30. The van der Waals surface area contributed by atoms with E-state index in [-0.39, 0.29) is 0 Å². The Morgan fingerprint density at radius 1 is 1.39 bits per heavy atom. The monoisotopic (exact) mass is 246 g/mol. The Labute approximate surface area is 109 Å². The molecule has 0 aromatic carbocycles. The van der Waals surface area contributed by atoms with Crippen LogP contribution in [0, 0.1) is 24.2 Å². The molecule has 1 aromatic heterocycles. The maximum absolute atomic E-state index is 9.30. The van der Waals surface area contributed by atoms with Crippen LogP contribution in [-0.4, -0.2) is 22.9 Å². The van der Waals surface area contributed by atoms with Gasteiger partial charge in [0.15, 0.2) is 0 Å². The summed E-state index contributed by atoms with van der Waals surface area (Å²) in [6.45, 7) is 4.22. The molecule has 0 saturated heterocycles. The summed E-state index contributed by atoms with van der Waals surface area (Å²) in [4.78, 5) is 2.27. The first-order chi connectivity index (χ1) is 8.56. The van der Waals surface area contributed by atoms with E-state index in [4.69, 9.17) is 0 Å². The van der Waals surface area contributed by atoms with Crippen molar-refractivity contribution in [2.75, 3.05) is 11.9 Å². The molecular formula is C14H22N4. The second-order valence-corrected chi connectivity index (χ2v) is 5.46. The van der Waals surface area contributed by atoms with Crippen LogP contribution in [0.15, 0.2) is 0 Å². The molecule has 0 amide bonds. The van der Waals surface area contributed by atoms with Gasteiger partial charge in [-0.05, 0) is 25.7 Å². The number of aryl methyl sites for hydroxylation is 2. The van der Waals surface area contributed by atoms with E-state index in [0.29, 0.717) is 12.0 Å². The lowest BCUT2D eigenvalue weighted by atomic mass is 9.85.